The van der Waals surface area contributed by atoms with Gasteiger partial charge in [-0.15, -0.1) is 0 Å². The van der Waals surface area contributed by atoms with Crippen LogP contribution in [-0.4, -0.2) is 22.1 Å². The van der Waals surface area contributed by atoms with Crippen molar-refractivity contribution in [2.45, 2.75) is 25.8 Å². The number of aryl methyl sites for hydroxylation is 1. The van der Waals surface area contributed by atoms with Crippen molar-refractivity contribution >= 4 is 5.91 Å². The summed E-state index contributed by atoms with van der Waals surface area (Å²) in [6, 6.07) is 22.0. The highest BCUT2D eigenvalue weighted by Crippen LogP contribution is 2.17. The number of aromatic nitrogens is 2. The summed E-state index contributed by atoms with van der Waals surface area (Å²) in [5.41, 5.74) is 3.54. The van der Waals surface area contributed by atoms with Gasteiger partial charge in [0.15, 0.2) is 0 Å². The van der Waals surface area contributed by atoms with Gasteiger partial charge in [0.25, 0.3) is 5.91 Å². The van der Waals surface area contributed by atoms with Crippen molar-refractivity contribution in [3.8, 4) is 11.3 Å². The highest BCUT2D eigenvalue weighted by atomic mass is 16.2. The molecule has 24 heavy (non-hydrogen) atoms. The molecular weight excluding hydrogens is 298 g/mol. The third kappa shape index (κ3) is 4.10. The van der Waals surface area contributed by atoms with Gasteiger partial charge in [0.2, 0.25) is 0 Å². The number of rotatable bonds is 6. The van der Waals surface area contributed by atoms with Gasteiger partial charge in [-0.25, -0.2) is 0 Å². The Morgan fingerprint density at radius 1 is 1.08 bits per heavy atom. The number of nitrogens with one attached hydrogen (secondary N) is 2. The van der Waals surface area contributed by atoms with E-state index in [0.29, 0.717) is 5.69 Å². The van der Waals surface area contributed by atoms with Gasteiger partial charge >= 0.3 is 0 Å². The number of carbonyl (C=O) groups excluding carboxylic acids is 1. The topological polar surface area (TPSA) is 57.8 Å². The Balaban J connectivity index is 1.56. The first kappa shape index (κ1) is 16.0. The summed E-state index contributed by atoms with van der Waals surface area (Å²) in [4.78, 5) is 12.3. The molecule has 3 aromatic rings. The molecule has 1 aromatic heterocycles. The standard InChI is InChI=1S/C20H21N3O/c1-15(12-13-16-8-4-2-5-9-16)21-20(24)19-14-18(22-23-19)17-10-6-3-7-11-17/h2-11,14-15H,12-13H2,1H3,(H,21,24)(H,22,23)/t15-/m0/s1. The molecular formula is C20H21N3O. The van der Waals surface area contributed by atoms with Crippen molar-refractivity contribution in [2.75, 3.05) is 0 Å². The highest BCUT2D eigenvalue weighted by molar-refractivity contribution is 5.93. The van der Waals surface area contributed by atoms with Gasteiger partial charge in [-0.1, -0.05) is 60.7 Å². The van der Waals surface area contributed by atoms with E-state index in [2.05, 4.69) is 27.6 Å². The molecule has 0 radical (unpaired) electrons. The van der Waals surface area contributed by atoms with Crippen molar-refractivity contribution in [2.24, 2.45) is 0 Å². The second-order valence-electron chi connectivity index (χ2n) is 5.93. The second kappa shape index (κ2) is 7.59. The van der Waals surface area contributed by atoms with Crippen LogP contribution in [0.5, 0.6) is 0 Å². The zero-order chi connectivity index (χ0) is 16.8. The van der Waals surface area contributed by atoms with Crippen LogP contribution < -0.4 is 5.32 Å². The van der Waals surface area contributed by atoms with Crippen molar-refractivity contribution in [1.82, 2.24) is 15.5 Å². The lowest BCUT2D eigenvalue weighted by Crippen LogP contribution is -2.33. The minimum Gasteiger partial charge on any atom is -0.348 e. The summed E-state index contributed by atoms with van der Waals surface area (Å²) in [5.74, 6) is -0.120. The molecule has 0 saturated heterocycles. The molecule has 4 nitrogen and oxygen atoms in total. The summed E-state index contributed by atoms with van der Waals surface area (Å²) in [7, 11) is 0. The fourth-order valence-corrected chi connectivity index (χ4v) is 2.60. The molecule has 0 unspecified atom stereocenters. The van der Waals surface area contributed by atoms with Crippen LogP contribution in [0.3, 0.4) is 0 Å². The molecule has 122 valence electrons. The number of nitrogens with zero attached hydrogens (tertiary/aromatic N) is 1. The Bertz CT molecular complexity index is 781. The Morgan fingerprint density at radius 3 is 2.46 bits per heavy atom. The Labute approximate surface area is 141 Å². The highest BCUT2D eigenvalue weighted by Gasteiger charge is 2.13. The molecule has 2 aromatic carbocycles. The molecule has 0 fully saturated rings. The molecule has 0 aliphatic rings. The van der Waals surface area contributed by atoms with Crippen LogP contribution in [-0.2, 0) is 6.42 Å². The van der Waals surface area contributed by atoms with E-state index >= 15 is 0 Å². The third-order valence-electron chi connectivity index (χ3n) is 3.98. The normalized spacial score (nSPS) is 11.9. The largest absolute Gasteiger partial charge is 0.348 e. The van der Waals surface area contributed by atoms with Crippen molar-refractivity contribution in [3.05, 3.63) is 78.0 Å². The van der Waals surface area contributed by atoms with Crippen LogP contribution in [0.25, 0.3) is 11.3 Å². The minimum absolute atomic E-state index is 0.0983. The average Bonchev–Trinajstić information content (AvgIpc) is 3.12. The van der Waals surface area contributed by atoms with Crippen LogP contribution in [0.15, 0.2) is 66.7 Å². The number of benzene rings is 2. The molecule has 4 heteroatoms. The maximum atomic E-state index is 12.3. The molecule has 1 heterocycles. The van der Waals surface area contributed by atoms with Gasteiger partial charge in [0.1, 0.15) is 5.69 Å². The minimum atomic E-state index is -0.120. The number of aromatic amines is 1. The van der Waals surface area contributed by atoms with Crippen LogP contribution in [0, 0.1) is 0 Å². The Morgan fingerprint density at radius 2 is 1.75 bits per heavy atom. The molecule has 0 bridgehead atoms. The monoisotopic (exact) mass is 319 g/mol. The zero-order valence-electron chi connectivity index (χ0n) is 13.7. The molecule has 1 amide bonds. The van der Waals surface area contributed by atoms with E-state index in [1.54, 1.807) is 6.07 Å². The summed E-state index contributed by atoms with van der Waals surface area (Å²) < 4.78 is 0. The van der Waals surface area contributed by atoms with Gasteiger partial charge in [-0.05, 0) is 31.4 Å². The van der Waals surface area contributed by atoms with Crippen LogP contribution in [0.2, 0.25) is 0 Å². The second-order valence-corrected chi connectivity index (χ2v) is 5.93. The predicted molar refractivity (Wildman–Crippen MR) is 95.7 cm³/mol. The SMILES string of the molecule is C[C@@H](CCc1ccccc1)NC(=O)c1cc(-c2ccccc2)n[nH]1. The Kier molecular flexibility index (Phi) is 5.06. The fourth-order valence-electron chi connectivity index (χ4n) is 2.60. The molecule has 0 aliphatic heterocycles. The number of hydrogen-bond donors (Lipinski definition) is 2. The molecule has 0 spiro atoms. The van der Waals surface area contributed by atoms with Crippen molar-refractivity contribution in [3.63, 3.8) is 0 Å². The van der Waals surface area contributed by atoms with Crippen molar-refractivity contribution in [1.29, 1.82) is 0 Å². The van der Waals surface area contributed by atoms with Crippen LogP contribution in [0.1, 0.15) is 29.4 Å². The molecule has 2 N–H and O–H groups in total. The van der Waals surface area contributed by atoms with Crippen LogP contribution in [0.4, 0.5) is 0 Å². The van der Waals surface area contributed by atoms with E-state index in [9.17, 15) is 4.79 Å². The van der Waals surface area contributed by atoms with Gasteiger partial charge < -0.3 is 5.32 Å². The predicted octanol–water partition coefficient (Wildman–Crippen LogP) is 3.83. The van der Waals surface area contributed by atoms with E-state index in [0.717, 1.165) is 24.1 Å². The smallest absolute Gasteiger partial charge is 0.269 e. The average molecular weight is 319 g/mol. The maximum Gasteiger partial charge on any atom is 0.269 e. The van der Waals surface area contributed by atoms with E-state index < -0.39 is 0 Å². The lowest BCUT2D eigenvalue weighted by molar-refractivity contribution is 0.0933. The lowest BCUT2D eigenvalue weighted by atomic mass is 10.1. The first-order valence-electron chi connectivity index (χ1n) is 8.18. The third-order valence-corrected chi connectivity index (χ3v) is 3.98. The quantitative estimate of drug-likeness (QED) is 0.725. The number of H-pyrrole nitrogens is 1. The van der Waals surface area contributed by atoms with E-state index in [-0.39, 0.29) is 11.9 Å². The molecule has 3 rings (SSSR count). The maximum absolute atomic E-state index is 12.3. The van der Waals surface area contributed by atoms with Gasteiger partial charge in [0, 0.05) is 11.6 Å². The van der Waals surface area contributed by atoms with E-state index in [1.165, 1.54) is 5.56 Å². The molecule has 0 aliphatic carbocycles. The van der Waals surface area contributed by atoms with E-state index in [1.807, 2.05) is 55.5 Å². The summed E-state index contributed by atoms with van der Waals surface area (Å²) in [5, 5.41) is 10.1. The summed E-state index contributed by atoms with van der Waals surface area (Å²) in [6.45, 7) is 2.02. The molecule has 1 atom stereocenters. The summed E-state index contributed by atoms with van der Waals surface area (Å²) >= 11 is 0. The summed E-state index contributed by atoms with van der Waals surface area (Å²) in [6.07, 6.45) is 1.84. The number of amides is 1. The number of hydrogen-bond acceptors (Lipinski definition) is 2. The zero-order valence-corrected chi connectivity index (χ0v) is 13.7. The molecule has 0 saturated carbocycles. The van der Waals surface area contributed by atoms with Gasteiger partial charge in [0.05, 0.1) is 5.69 Å². The van der Waals surface area contributed by atoms with Crippen LogP contribution >= 0.6 is 0 Å². The van der Waals surface area contributed by atoms with Gasteiger partial charge in [-0.3, -0.25) is 9.89 Å². The first-order valence-corrected chi connectivity index (χ1v) is 8.18. The Hall–Kier alpha value is -2.88. The van der Waals surface area contributed by atoms with Crippen molar-refractivity contribution < 1.29 is 4.79 Å². The fraction of sp³-hybridized carbons (Fsp3) is 0.200. The number of carbonyl (C=O) groups is 1. The van der Waals surface area contributed by atoms with Gasteiger partial charge in [-0.2, -0.15) is 5.10 Å². The lowest BCUT2D eigenvalue weighted by Gasteiger charge is -2.13. The van der Waals surface area contributed by atoms with E-state index in [4.69, 9.17) is 0 Å². The first-order chi connectivity index (χ1) is 11.7.